The number of aromatic nitrogens is 3. The number of anilines is 1. The largest absolute Gasteiger partial charge is 0.481 e. The first-order valence-corrected chi connectivity index (χ1v) is 5.68. The van der Waals surface area contributed by atoms with Gasteiger partial charge in [-0.05, 0) is 24.6 Å². The van der Waals surface area contributed by atoms with Crippen LogP contribution in [0.25, 0.3) is 11.3 Å². The second-order valence-electron chi connectivity index (χ2n) is 3.83. The lowest BCUT2D eigenvalue weighted by molar-refractivity contribution is -0.137. The number of aliphatic carboxylic acids is 1. The molecule has 0 spiro atoms. The van der Waals surface area contributed by atoms with Crippen molar-refractivity contribution in [3.05, 3.63) is 30.6 Å². The smallest absolute Gasteiger partial charge is 0.303 e. The van der Waals surface area contributed by atoms with E-state index in [2.05, 4.69) is 20.5 Å². The number of hydrogen-bond acceptors (Lipinski definition) is 4. The molecule has 0 radical (unpaired) electrons. The minimum absolute atomic E-state index is 0.155. The summed E-state index contributed by atoms with van der Waals surface area (Å²) in [4.78, 5) is 13.3. The highest BCUT2D eigenvalue weighted by Crippen LogP contribution is 2.15. The number of carbonyl (C=O) groups is 1. The molecule has 0 unspecified atom stereocenters. The molecular formula is C12H14N4O2. The molecule has 94 valence electrons. The summed E-state index contributed by atoms with van der Waals surface area (Å²) in [5.74, 6) is -0.134. The average molecular weight is 246 g/mol. The maximum absolute atomic E-state index is 10.3. The van der Waals surface area contributed by atoms with E-state index in [4.69, 9.17) is 5.11 Å². The van der Waals surface area contributed by atoms with E-state index < -0.39 is 5.97 Å². The lowest BCUT2D eigenvalue weighted by atomic mass is 10.2. The highest BCUT2D eigenvalue weighted by molar-refractivity contribution is 5.66. The zero-order chi connectivity index (χ0) is 12.8. The number of H-pyrrole nitrogens is 1. The van der Waals surface area contributed by atoms with Crippen molar-refractivity contribution < 1.29 is 9.90 Å². The molecule has 6 nitrogen and oxygen atoms in total. The maximum Gasteiger partial charge on any atom is 0.303 e. The molecule has 0 fully saturated rings. The number of carboxylic acid groups (broad SMARTS) is 1. The first-order chi connectivity index (χ1) is 8.75. The zero-order valence-corrected chi connectivity index (χ0v) is 9.76. The van der Waals surface area contributed by atoms with Gasteiger partial charge in [0.2, 0.25) is 0 Å². The van der Waals surface area contributed by atoms with Crippen LogP contribution in [0.3, 0.4) is 0 Å². The standard InChI is InChI=1S/C12H14N4O2/c17-12(18)2-1-6-14-11-4-3-10(15-16-11)9-5-7-13-8-9/h3-5,7-8,13H,1-2,6H2,(H,14,16)(H,17,18). The van der Waals surface area contributed by atoms with Gasteiger partial charge in [-0.15, -0.1) is 10.2 Å². The van der Waals surface area contributed by atoms with Gasteiger partial charge in [0.1, 0.15) is 5.82 Å². The van der Waals surface area contributed by atoms with Crippen LogP contribution in [0.5, 0.6) is 0 Å². The van der Waals surface area contributed by atoms with Gasteiger partial charge in [-0.25, -0.2) is 0 Å². The van der Waals surface area contributed by atoms with Crippen molar-refractivity contribution in [3.8, 4) is 11.3 Å². The van der Waals surface area contributed by atoms with Crippen LogP contribution in [0.4, 0.5) is 5.82 Å². The van der Waals surface area contributed by atoms with Crippen LogP contribution >= 0.6 is 0 Å². The molecule has 0 amide bonds. The van der Waals surface area contributed by atoms with Crippen molar-refractivity contribution in [1.29, 1.82) is 0 Å². The molecule has 0 aliphatic carbocycles. The van der Waals surface area contributed by atoms with Crippen LogP contribution in [0.2, 0.25) is 0 Å². The van der Waals surface area contributed by atoms with E-state index in [0.29, 0.717) is 18.8 Å². The van der Waals surface area contributed by atoms with Crippen LogP contribution in [0, 0.1) is 0 Å². The van der Waals surface area contributed by atoms with Crippen molar-refractivity contribution in [3.63, 3.8) is 0 Å². The third kappa shape index (κ3) is 3.31. The molecule has 2 aromatic heterocycles. The Morgan fingerprint density at radius 3 is 2.83 bits per heavy atom. The predicted octanol–water partition coefficient (Wildman–Crippen LogP) is 1.75. The van der Waals surface area contributed by atoms with Gasteiger partial charge in [0, 0.05) is 30.9 Å². The quantitative estimate of drug-likeness (QED) is 0.675. The molecule has 0 saturated heterocycles. The van der Waals surface area contributed by atoms with Gasteiger partial charge < -0.3 is 15.4 Å². The fourth-order valence-electron chi connectivity index (χ4n) is 1.52. The van der Waals surface area contributed by atoms with Crippen molar-refractivity contribution in [2.24, 2.45) is 0 Å². The molecule has 0 atom stereocenters. The predicted molar refractivity (Wildman–Crippen MR) is 67.2 cm³/mol. The van der Waals surface area contributed by atoms with E-state index >= 15 is 0 Å². The second kappa shape index (κ2) is 5.81. The molecule has 0 aliphatic heterocycles. The van der Waals surface area contributed by atoms with E-state index in [-0.39, 0.29) is 6.42 Å². The Labute approximate surface area is 104 Å². The minimum atomic E-state index is -0.786. The molecule has 2 heterocycles. The highest BCUT2D eigenvalue weighted by Gasteiger charge is 2.01. The number of nitrogens with one attached hydrogen (secondary N) is 2. The fourth-order valence-corrected chi connectivity index (χ4v) is 1.52. The van der Waals surface area contributed by atoms with Gasteiger partial charge in [-0.3, -0.25) is 4.79 Å². The molecule has 0 aromatic carbocycles. The third-order valence-corrected chi connectivity index (χ3v) is 2.43. The summed E-state index contributed by atoms with van der Waals surface area (Å²) in [5, 5.41) is 19.6. The SMILES string of the molecule is O=C(O)CCCNc1ccc(-c2cc[nH]c2)nn1. The Hall–Kier alpha value is -2.37. The van der Waals surface area contributed by atoms with E-state index in [1.54, 1.807) is 0 Å². The molecule has 18 heavy (non-hydrogen) atoms. The summed E-state index contributed by atoms with van der Waals surface area (Å²) in [7, 11) is 0. The van der Waals surface area contributed by atoms with Crippen LogP contribution in [0.1, 0.15) is 12.8 Å². The molecule has 0 bridgehead atoms. The third-order valence-electron chi connectivity index (χ3n) is 2.43. The topological polar surface area (TPSA) is 90.9 Å². The number of nitrogens with zero attached hydrogens (tertiary/aromatic N) is 2. The van der Waals surface area contributed by atoms with Gasteiger partial charge in [0.15, 0.2) is 0 Å². The molecule has 2 rings (SSSR count). The molecule has 2 aromatic rings. The number of rotatable bonds is 6. The Balaban J connectivity index is 1.86. The van der Waals surface area contributed by atoms with E-state index in [0.717, 1.165) is 11.3 Å². The summed E-state index contributed by atoms with van der Waals surface area (Å²) >= 11 is 0. The summed E-state index contributed by atoms with van der Waals surface area (Å²) < 4.78 is 0. The molecule has 0 aliphatic rings. The Bertz CT molecular complexity index is 493. The summed E-state index contributed by atoms with van der Waals surface area (Å²) in [5.41, 5.74) is 1.78. The molecular weight excluding hydrogens is 232 g/mol. The van der Waals surface area contributed by atoms with Crippen LogP contribution < -0.4 is 5.32 Å². The average Bonchev–Trinajstić information content (AvgIpc) is 2.89. The van der Waals surface area contributed by atoms with Crippen LogP contribution in [-0.2, 0) is 4.79 Å². The van der Waals surface area contributed by atoms with E-state index in [1.807, 2.05) is 30.6 Å². The molecule has 0 saturated carbocycles. The van der Waals surface area contributed by atoms with E-state index in [1.165, 1.54) is 0 Å². The Kier molecular flexibility index (Phi) is 3.90. The Morgan fingerprint density at radius 2 is 2.22 bits per heavy atom. The van der Waals surface area contributed by atoms with Gasteiger partial charge >= 0.3 is 5.97 Å². The summed E-state index contributed by atoms with van der Waals surface area (Å²) in [6.45, 7) is 0.574. The highest BCUT2D eigenvalue weighted by atomic mass is 16.4. The summed E-state index contributed by atoms with van der Waals surface area (Å²) in [6, 6.07) is 5.62. The second-order valence-corrected chi connectivity index (χ2v) is 3.83. The first kappa shape index (κ1) is 12.1. The number of carboxylic acids is 1. The Morgan fingerprint density at radius 1 is 1.33 bits per heavy atom. The van der Waals surface area contributed by atoms with Crippen molar-refractivity contribution in [2.45, 2.75) is 12.8 Å². The van der Waals surface area contributed by atoms with Gasteiger partial charge in [0.05, 0.1) is 5.69 Å². The fraction of sp³-hybridized carbons (Fsp3) is 0.250. The monoisotopic (exact) mass is 246 g/mol. The van der Waals surface area contributed by atoms with E-state index in [9.17, 15) is 4.79 Å². The molecule has 3 N–H and O–H groups in total. The van der Waals surface area contributed by atoms with Crippen LogP contribution in [0.15, 0.2) is 30.6 Å². The van der Waals surface area contributed by atoms with Crippen molar-refractivity contribution in [1.82, 2.24) is 15.2 Å². The number of hydrogen-bond donors (Lipinski definition) is 3. The number of aromatic amines is 1. The normalized spacial score (nSPS) is 10.2. The van der Waals surface area contributed by atoms with Gasteiger partial charge in [-0.2, -0.15) is 0 Å². The lowest BCUT2D eigenvalue weighted by Gasteiger charge is -2.03. The van der Waals surface area contributed by atoms with Crippen molar-refractivity contribution in [2.75, 3.05) is 11.9 Å². The zero-order valence-electron chi connectivity index (χ0n) is 9.76. The minimum Gasteiger partial charge on any atom is -0.481 e. The van der Waals surface area contributed by atoms with Crippen molar-refractivity contribution >= 4 is 11.8 Å². The first-order valence-electron chi connectivity index (χ1n) is 5.68. The summed E-state index contributed by atoms with van der Waals surface area (Å²) in [6.07, 6.45) is 4.40. The maximum atomic E-state index is 10.3. The lowest BCUT2D eigenvalue weighted by Crippen LogP contribution is -2.06. The van der Waals surface area contributed by atoms with Gasteiger partial charge in [0.25, 0.3) is 0 Å². The molecule has 6 heteroatoms. The van der Waals surface area contributed by atoms with Gasteiger partial charge in [-0.1, -0.05) is 0 Å². The van der Waals surface area contributed by atoms with Crippen LogP contribution in [-0.4, -0.2) is 32.8 Å².